The highest BCUT2D eigenvalue weighted by Crippen LogP contribution is 2.12. The molecule has 0 N–H and O–H groups in total. The maximum absolute atomic E-state index is 12.1. The van der Waals surface area contributed by atoms with Gasteiger partial charge in [0.15, 0.2) is 0 Å². The van der Waals surface area contributed by atoms with Crippen molar-refractivity contribution >= 4 is 9.46 Å². The molecule has 0 nitrogen and oxygen atoms in total. The molecule has 72 valence electrons. The number of aryl methyl sites for hydroxylation is 3. The van der Waals surface area contributed by atoms with Gasteiger partial charge in [-0.25, -0.2) is 0 Å². The molecule has 0 saturated heterocycles. The van der Waals surface area contributed by atoms with E-state index < -0.39 is 9.46 Å². The third kappa shape index (κ3) is 3.68. The van der Waals surface area contributed by atoms with E-state index in [2.05, 4.69) is 6.07 Å². The van der Waals surface area contributed by atoms with Crippen LogP contribution in [0.1, 0.15) is 16.7 Å². The normalized spacial score (nSPS) is 10.8. The molecule has 1 rings (SSSR count). The van der Waals surface area contributed by atoms with Crippen LogP contribution in [0.15, 0.2) is 18.2 Å². The van der Waals surface area contributed by atoms with Gasteiger partial charge in [-0.1, -0.05) is 29.3 Å². The van der Waals surface area contributed by atoms with Gasteiger partial charge in [0.2, 0.25) is 0 Å². The van der Waals surface area contributed by atoms with Crippen molar-refractivity contribution < 1.29 is 8.22 Å². The molecule has 0 saturated carbocycles. The molecule has 13 heavy (non-hydrogen) atoms. The van der Waals surface area contributed by atoms with Crippen LogP contribution in [0.4, 0.5) is 8.22 Å². The Hall–Kier alpha value is -0.703. The fourth-order valence-corrected chi connectivity index (χ4v) is 2.04. The highest BCUT2D eigenvalue weighted by molar-refractivity contribution is 6.42. The average molecular weight is 200 g/mol. The molecule has 0 heterocycles. The van der Waals surface area contributed by atoms with Crippen LogP contribution in [0.2, 0.25) is 6.04 Å². The Bertz CT molecular complexity index is 264. The summed E-state index contributed by atoms with van der Waals surface area (Å²) in [5.74, 6) is 0. The highest BCUT2D eigenvalue weighted by Gasteiger charge is 2.07. The molecule has 3 heteroatoms. The van der Waals surface area contributed by atoms with Crippen LogP contribution in [0, 0.1) is 13.8 Å². The minimum Gasteiger partial charge on any atom is -0.275 e. The zero-order valence-corrected chi connectivity index (χ0v) is 9.13. The van der Waals surface area contributed by atoms with Gasteiger partial charge in [0.25, 0.3) is 0 Å². The number of rotatable bonds is 3. The average Bonchev–Trinajstić information content (AvgIpc) is 1.99. The highest BCUT2D eigenvalue weighted by atomic mass is 28.4. The lowest BCUT2D eigenvalue weighted by atomic mass is 10.1. The first-order valence-electron chi connectivity index (χ1n) is 4.43. The molecule has 0 fully saturated rings. The monoisotopic (exact) mass is 200 g/mol. The van der Waals surface area contributed by atoms with Gasteiger partial charge in [-0.2, -0.15) is 0 Å². The van der Waals surface area contributed by atoms with Crippen molar-refractivity contribution in [3.05, 3.63) is 34.9 Å². The minimum absolute atomic E-state index is 0.100. The summed E-state index contributed by atoms with van der Waals surface area (Å²) in [5, 5.41) is 0. The van der Waals surface area contributed by atoms with E-state index in [9.17, 15) is 8.22 Å². The lowest BCUT2D eigenvalue weighted by molar-refractivity contribution is 0.650. The third-order valence-corrected chi connectivity index (χ3v) is 2.66. The summed E-state index contributed by atoms with van der Waals surface area (Å²) in [4.78, 5) is 0. The van der Waals surface area contributed by atoms with Crippen molar-refractivity contribution in [3.63, 3.8) is 0 Å². The quantitative estimate of drug-likeness (QED) is 0.520. The maximum atomic E-state index is 12.1. The molecule has 0 atom stereocenters. The molecule has 0 aliphatic carbocycles. The van der Waals surface area contributed by atoms with E-state index in [0.717, 1.165) is 16.7 Å². The number of hydrogen-bond donors (Lipinski definition) is 0. The van der Waals surface area contributed by atoms with Crippen LogP contribution in [0.3, 0.4) is 0 Å². The molecular weight excluding hydrogens is 186 g/mol. The summed E-state index contributed by atoms with van der Waals surface area (Å²) in [6.45, 7) is 3.99. The minimum atomic E-state index is -3.37. The lowest BCUT2D eigenvalue weighted by Gasteiger charge is -2.03. The van der Waals surface area contributed by atoms with Gasteiger partial charge in [-0.05, 0) is 31.9 Å². The summed E-state index contributed by atoms with van der Waals surface area (Å²) in [6, 6.07) is 6.14. The van der Waals surface area contributed by atoms with Gasteiger partial charge < -0.3 is 0 Å². The second kappa shape index (κ2) is 4.51. The molecule has 0 radical (unpaired) electrons. The molecule has 0 unspecified atom stereocenters. The van der Waals surface area contributed by atoms with Gasteiger partial charge in [0, 0.05) is 0 Å². The Morgan fingerprint density at radius 1 is 1.08 bits per heavy atom. The van der Waals surface area contributed by atoms with Crippen LogP contribution >= 0.6 is 0 Å². The Labute approximate surface area is 79.5 Å². The third-order valence-electron chi connectivity index (χ3n) is 1.93. The predicted octanol–water partition coefficient (Wildman–Crippen LogP) is 3.01. The fourth-order valence-electron chi connectivity index (χ4n) is 1.49. The summed E-state index contributed by atoms with van der Waals surface area (Å²) < 4.78 is 24.1. The zero-order valence-electron chi connectivity index (χ0n) is 7.98. The molecule has 1 aromatic rings. The van der Waals surface area contributed by atoms with Crippen molar-refractivity contribution in [1.82, 2.24) is 0 Å². The molecular formula is C10H14F2Si. The molecule has 1 aromatic carbocycles. The van der Waals surface area contributed by atoms with Gasteiger partial charge in [-0.15, -0.1) is 0 Å². The summed E-state index contributed by atoms with van der Waals surface area (Å²) in [6.07, 6.45) is 0.534. The fraction of sp³-hybridized carbons (Fsp3) is 0.400. The van der Waals surface area contributed by atoms with E-state index in [-0.39, 0.29) is 6.04 Å². The molecule has 0 aliphatic rings. The molecule has 0 spiro atoms. The van der Waals surface area contributed by atoms with Crippen LogP contribution in [0.25, 0.3) is 0 Å². The number of halogens is 2. The van der Waals surface area contributed by atoms with E-state index in [1.807, 2.05) is 26.0 Å². The first kappa shape index (κ1) is 10.4. The Kier molecular flexibility index (Phi) is 3.60. The first-order chi connectivity index (χ1) is 6.08. The SMILES string of the molecule is Cc1cc(C)cc(CC[SiH](F)F)c1. The van der Waals surface area contributed by atoms with E-state index in [4.69, 9.17) is 0 Å². The molecule has 0 aliphatic heterocycles. The van der Waals surface area contributed by atoms with Crippen molar-refractivity contribution in [1.29, 1.82) is 0 Å². The van der Waals surface area contributed by atoms with Crippen molar-refractivity contribution in [2.75, 3.05) is 0 Å². The summed E-state index contributed by atoms with van der Waals surface area (Å²) in [5.41, 5.74) is 3.36. The van der Waals surface area contributed by atoms with Crippen molar-refractivity contribution in [3.8, 4) is 0 Å². The van der Waals surface area contributed by atoms with Gasteiger partial charge in [-0.3, -0.25) is 8.22 Å². The smallest absolute Gasteiger partial charge is 0.275 e. The molecule has 0 bridgehead atoms. The van der Waals surface area contributed by atoms with Crippen LogP contribution < -0.4 is 0 Å². The molecule has 0 amide bonds. The van der Waals surface area contributed by atoms with Gasteiger partial charge in [0.05, 0.1) is 0 Å². The largest absolute Gasteiger partial charge is 0.411 e. The Morgan fingerprint density at radius 3 is 2.08 bits per heavy atom. The standard InChI is InChI=1S/C10H14F2Si/c1-8-5-9(2)7-10(6-8)3-4-13(11)12/h5-7,13H,3-4H2,1-2H3. The molecule has 0 aromatic heterocycles. The van der Waals surface area contributed by atoms with E-state index in [1.54, 1.807) is 0 Å². The van der Waals surface area contributed by atoms with Gasteiger partial charge in [0.1, 0.15) is 0 Å². The second-order valence-corrected chi connectivity index (χ2v) is 4.79. The second-order valence-electron chi connectivity index (χ2n) is 3.43. The van der Waals surface area contributed by atoms with Crippen molar-refractivity contribution in [2.45, 2.75) is 26.3 Å². The van der Waals surface area contributed by atoms with Gasteiger partial charge >= 0.3 is 9.46 Å². The zero-order chi connectivity index (χ0) is 9.84. The van der Waals surface area contributed by atoms with E-state index in [1.165, 1.54) is 0 Å². The predicted molar refractivity (Wildman–Crippen MR) is 53.8 cm³/mol. The van der Waals surface area contributed by atoms with Crippen LogP contribution in [-0.4, -0.2) is 9.46 Å². The number of benzene rings is 1. The topological polar surface area (TPSA) is 0 Å². The summed E-state index contributed by atoms with van der Waals surface area (Å²) in [7, 11) is -3.37. The number of hydrogen-bond acceptors (Lipinski definition) is 0. The lowest BCUT2D eigenvalue weighted by Crippen LogP contribution is -1.98. The summed E-state index contributed by atoms with van der Waals surface area (Å²) >= 11 is 0. The van der Waals surface area contributed by atoms with E-state index in [0.29, 0.717) is 6.42 Å². The Morgan fingerprint density at radius 2 is 1.62 bits per heavy atom. The van der Waals surface area contributed by atoms with Crippen molar-refractivity contribution in [2.24, 2.45) is 0 Å². The van der Waals surface area contributed by atoms with Crippen LogP contribution in [0.5, 0.6) is 0 Å². The maximum Gasteiger partial charge on any atom is 0.411 e. The van der Waals surface area contributed by atoms with E-state index >= 15 is 0 Å². The Balaban J connectivity index is 2.66. The van der Waals surface area contributed by atoms with Crippen LogP contribution in [-0.2, 0) is 6.42 Å². The first-order valence-corrected chi connectivity index (χ1v) is 6.12.